The lowest BCUT2D eigenvalue weighted by Gasteiger charge is -2.20. The molecule has 0 saturated carbocycles. The van der Waals surface area contributed by atoms with Crippen LogP contribution in [0.4, 0.5) is 20.4 Å². The number of nitrogen functional groups attached to an aromatic ring is 1. The van der Waals surface area contributed by atoms with Gasteiger partial charge in [-0.05, 0) is 45.9 Å². The zero-order valence-electron chi connectivity index (χ0n) is 19.4. The maximum absolute atomic E-state index is 13.5. The summed E-state index contributed by atoms with van der Waals surface area (Å²) in [5, 5.41) is 9.02. The number of aromatic nitrogens is 5. The minimum atomic E-state index is -2.85. The fraction of sp³-hybridized carbons (Fsp3) is 0.348. The molecule has 3 aromatic heterocycles. The van der Waals surface area contributed by atoms with Gasteiger partial charge in [0.15, 0.2) is 5.82 Å². The Morgan fingerprint density at radius 1 is 1.26 bits per heavy atom. The number of aryl methyl sites for hydroxylation is 3. The van der Waals surface area contributed by atoms with Crippen LogP contribution in [0.25, 0.3) is 22.4 Å². The molecule has 8 nitrogen and oxygen atoms in total. The van der Waals surface area contributed by atoms with E-state index in [9.17, 15) is 13.6 Å². The lowest BCUT2D eigenvalue weighted by Crippen LogP contribution is -2.32. The van der Waals surface area contributed by atoms with Crippen molar-refractivity contribution in [1.29, 1.82) is 0 Å². The van der Waals surface area contributed by atoms with Crippen LogP contribution in [0.1, 0.15) is 41.4 Å². The summed E-state index contributed by atoms with van der Waals surface area (Å²) in [5.74, 6) is -2.58. The van der Waals surface area contributed by atoms with Gasteiger partial charge in [0.2, 0.25) is 11.8 Å². The molecule has 12 heteroatoms. The number of thiazole rings is 1. The van der Waals surface area contributed by atoms with Gasteiger partial charge in [-0.25, -0.2) is 23.7 Å². The quantitative estimate of drug-likeness (QED) is 0.380. The summed E-state index contributed by atoms with van der Waals surface area (Å²) >= 11 is 7.59. The highest BCUT2D eigenvalue weighted by molar-refractivity contribution is 7.12. The standard InChI is InChI=1S/C23H22ClF2N7OS/c1-10-11(2)35-21(28-10)23(4)15-17(27)29-19(30-18(15)31-20(23)34)16-13-6-5-12(24)9-14(13)33(32-16)8-7-22(3,25)26/h5-6,9H,7-8H2,1-4H3,(H3,27,29,30,31,34). The number of nitrogens with zero attached hydrogens (tertiary/aromatic N) is 5. The molecule has 1 atom stereocenters. The minimum absolute atomic E-state index is 0.0294. The van der Waals surface area contributed by atoms with Crippen LogP contribution in [0.2, 0.25) is 5.02 Å². The lowest BCUT2D eigenvalue weighted by atomic mass is 9.85. The topological polar surface area (TPSA) is 112 Å². The largest absolute Gasteiger partial charge is 0.383 e. The third-order valence-corrected chi connectivity index (χ3v) is 7.80. The van der Waals surface area contributed by atoms with Crippen LogP contribution >= 0.6 is 22.9 Å². The molecule has 1 unspecified atom stereocenters. The fourth-order valence-corrected chi connectivity index (χ4v) is 5.42. The summed E-state index contributed by atoms with van der Waals surface area (Å²) in [6.45, 7) is 6.42. The van der Waals surface area contributed by atoms with Crippen molar-refractivity contribution in [2.75, 3.05) is 11.1 Å². The van der Waals surface area contributed by atoms with E-state index >= 15 is 0 Å². The highest BCUT2D eigenvalue weighted by atomic mass is 35.5. The molecule has 4 heterocycles. The number of hydrogen-bond acceptors (Lipinski definition) is 7. The van der Waals surface area contributed by atoms with Crippen molar-refractivity contribution in [3.63, 3.8) is 0 Å². The van der Waals surface area contributed by atoms with Crippen molar-refractivity contribution < 1.29 is 13.6 Å². The van der Waals surface area contributed by atoms with E-state index in [-0.39, 0.29) is 29.9 Å². The van der Waals surface area contributed by atoms with Crippen LogP contribution in [0.5, 0.6) is 0 Å². The van der Waals surface area contributed by atoms with Crippen LogP contribution in [-0.4, -0.2) is 36.6 Å². The van der Waals surface area contributed by atoms with Gasteiger partial charge in [-0.1, -0.05) is 11.6 Å². The van der Waals surface area contributed by atoms with E-state index in [0.717, 1.165) is 17.5 Å². The van der Waals surface area contributed by atoms with E-state index in [4.69, 9.17) is 17.3 Å². The van der Waals surface area contributed by atoms with Gasteiger partial charge in [-0.2, -0.15) is 5.10 Å². The molecule has 0 fully saturated rings. The number of rotatable bonds is 5. The average Bonchev–Trinajstić information content (AvgIpc) is 3.38. The third kappa shape index (κ3) is 3.82. The molecule has 3 N–H and O–H groups in total. The van der Waals surface area contributed by atoms with E-state index in [0.29, 0.717) is 32.2 Å². The Morgan fingerprint density at radius 2 is 2.00 bits per heavy atom. The maximum atomic E-state index is 13.5. The Hall–Kier alpha value is -3.18. The number of anilines is 2. The van der Waals surface area contributed by atoms with Gasteiger partial charge >= 0.3 is 0 Å². The predicted octanol–water partition coefficient (Wildman–Crippen LogP) is 5.11. The van der Waals surface area contributed by atoms with Crippen molar-refractivity contribution >= 4 is 51.4 Å². The average molecular weight is 518 g/mol. The molecule has 1 aliphatic rings. The first-order chi connectivity index (χ1) is 16.4. The molecule has 0 saturated heterocycles. The van der Waals surface area contributed by atoms with Crippen LogP contribution in [0.15, 0.2) is 18.2 Å². The fourth-order valence-electron chi connectivity index (χ4n) is 4.19. The number of nitrogens with two attached hydrogens (primary N) is 1. The van der Waals surface area contributed by atoms with Gasteiger partial charge < -0.3 is 11.1 Å². The Labute approximate surface area is 208 Å². The number of hydrogen-bond donors (Lipinski definition) is 2. The number of nitrogens with one attached hydrogen (secondary N) is 1. The lowest BCUT2D eigenvalue weighted by molar-refractivity contribution is -0.119. The Bertz CT molecular complexity index is 1490. The first-order valence-electron chi connectivity index (χ1n) is 10.9. The van der Waals surface area contributed by atoms with Gasteiger partial charge in [0, 0.05) is 28.3 Å². The van der Waals surface area contributed by atoms with E-state index in [1.165, 1.54) is 16.0 Å². The molecule has 1 amide bonds. The molecular formula is C23H22ClF2N7OS. The van der Waals surface area contributed by atoms with Crippen molar-refractivity contribution in [2.45, 2.75) is 52.0 Å². The van der Waals surface area contributed by atoms with Gasteiger partial charge in [0.1, 0.15) is 27.8 Å². The van der Waals surface area contributed by atoms with Crippen LogP contribution in [0, 0.1) is 13.8 Å². The SMILES string of the molecule is Cc1nc(C2(C)C(=O)Nc3nc(-c4nn(CCC(C)(F)F)c5cc(Cl)ccc45)nc(N)c32)sc1C. The summed E-state index contributed by atoms with van der Waals surface area (Å²) < 4.78 is 28.5. The van der Waals surface area contributed by atoms with Gasteiger partial charge in [0.05, 0.1) is 16.8 Å². The smallest absolute Gasteiger partial charge is 0.247 e. The Kier molecular flexibility index (Phi) is 5.33. The molecule has 35 heavy (non-hydrogen) atoms. The van der Waals surface area contributed by atoms with Gasteiger partial charge in [0.25, 0.3) is 0 Å². The highest BCUT2D eigenvalue weighted by Crippen LogP contribution is 2.46. The molecule has 4 aromatic rings. The first kappa shape index (κ1) is 23.6. The number of carbonyl (C=O) groups is 1. The zero-order valence-corrected chi connectivity index (χ0v) is 21.0. The van der Waals surface area contributed by atoms with Crippen molar-refractivity contribution in [2.24, 2.45) is 0 Å². The third-order valence-electron chi connectivity index (χ3n) is 6.27. The molecule has 1 aliphatic heterocycles. The molecule has 0 aliphatic carbocycles. The summed E-state index contributed by atoms with van der Waals surface area (Å²) in [6.07, 6.45) is -0.399. The Balaban J connectivity index is 1.64. The van der Waals surface area contributed by atoms with Crippen LogP contribution in [-0.2, 0) is 16.8 Å². The summed E-state index contributed by atoms with van der Waals surface area (Å²) in [6, 6.07) is 5.07. The number of fused-ring (bicyclic) bond motifs is 2. The summed E-state index contributed by atoms with van der Waals surface area (Å²) in [4.78, 5) is 27.8. The Morgan fingerprint density at radius 3 is 2.66 bits per heavy atom. The highest BCUT2D eigenvalue weighted by Gasteiger charge is 2.50. The second-order valence-electron chi connectivity index (χ2n) is 8.95. The first-order valence-corrected chi connectivity index (χ1v) is 12.1. The second-order valence-corrected chi connectivity index (χ2v) is 10.6. The number of halogens is 3. The predicted molar refractivity (Wildman–Crippen MR) is 132 cm³/mol. The number of amides is 1. The normalized spacial score (nSPS) is 17.7. The number of alkyl halides is 2. The van der Waals surface area contributed by atoms with Crippen molar-refractivity contribution in [1.82, 2.24) is 24.7 Å². The molecule has 5 rings (SSSR count). The molecule has 0 bridgehead atoms. The molecule has 0 spiro atoms. The number of benzene rings is 1. The molecular weight excluding hydrogens is 496 g/mol. The van der Waals surface area contributed by atoms with E-state index < -0.39 is 17.8 Å². The number of carbonyl (C=O) groups excluding carboxylic acids is 1. The molecule has 0 radical (unpaired) electrons. The van der Waals surface area contributed by atoms with Crippen LogP contribution in [0.3, 0.4) is 0 Å². The monoisotopic (exact) mass is 517 g/mol. The van der Waals surface area contributed by atoms with Crippen LogP contribution < -0.4 is 11.1 Å². The van der Waals surface area contributed by atoms with Gasteiger partial charge in [-0.3, -0.25) is 9.48 Å². The van der Waals surface area contributed by atoms with Crippen molar-refractivity contribution in [3.05, 3.63) is 44.4 Å². The van der Waals surface area contributed by atoms with Crippen molar-refractivity contribution in [3.8, 4) is 11.5 Å². The summed E-state index contributed by atoms with van der Waals surface area (Å²) in [5.41, 5.74) is 7.49. The zero-order chi connectivity index (χ0) is 25.3. The second kappa shape index (κ2) is 7.92. The van der Waals surface area contributed by atoms with E-state index in [2.05, 4.69) is 25.4 Å². The molecule has 182 valence electrons. The minimum Gasteiger partial charge on any atom is -0.383 e. The molecule has 1 aromatic carbocycles. The van der Waals surface area contributed by atoms with E-state index in [1.807, 2.05) is 13.8 Å². The maximum Gasteiger partial charge on any atom is 0.247 e. The summed E-state index contributed by atoms with van der Waals surface area (Å²) in [7, 11) is 0. The van der Waals surface area contributed by atoms with Gasteiger partial charge in [-0.15, -0.1) is 11.3 Å². The van der Waals surface area contributed by atoms with E-state index in [1.54, 1.807) is 25.1 Å².